The van der Waals surface area contributed by atoms with Gasteiger partial charge in [-0.15, -0.1) is 0 Å². The van der Waals surface area contributed by atoms with E-state index in [1.165, 1.54) is 0 Å². The molecule has 19 heavy (non-hydrogen) atoms. The van der Waals surface area contributed by atoms with E-state index in [2.05, 4.69) is 26.6 Å². The van der Waals surface area contributed by atoms with Gasteiger partial charge in [-0.05, 0) is 29.7 Å². The number of aliphatic hydroxyl groups excluding tert-OH is 1. The van der Waals surface area contributed by atoms with Crippen LogP contribution in [0.2, 0.25) is 0 Å². The van der Waals surface area contributed by atoms with E-state index in [0.717, 1.165) is 10.0 Å². The zero-order valence-corrected chi connectivity index (χ0v) is 12.5. The van der Waals surface area contributed by atoms with Gasteiger partial charge in [-0.25, -0.2) is 0 Å². The number of halogens is 1. The molecule has 3 N–H and O–H groups in total. The van der Waals surface area contributed by atoms with E-state index in [1.54, 1.807) is 12.1 Å². The summed E-state index contributed by atoms with van der Waals surface area (Å²) in [7, 11) is 0. The first-order chi connectivity index (χ1) is 8.95. The maximum atomic E-state index is 11.7. The first-order valence-electron chi connectivity index (χ1n) is 5.95. The zero-order chi connectivity index (χ0) is 14.4. The minimum absolute atomic E-state index is 0.0592. The van der Waals surface area contributed by atoms with Gasteiger partial charge >= 0.3 is 11.8 Å². The highest BCUT2D eigenvalue weighted by Crippen LogP contribution is 2.27. The second-order valence-corrected chi connectivity index (χ2v) is 5.24. The molecule has 0 fully saturated rings. The van der Waals surface area contributed by atoms with Crippen molar-refractivity contribution in [1.82, 2.24) is 5.32 Å². The molecule has 0 spiro atoms. The van der Waals surface area contributed by atoms with Crippen molar-refractivity contribution in [3.63, 3.8) is 0 Å². The molecule has 0 saturated heterocycles. The fourth-order valence-corrected chi connectivity index (χ4v) is 1.93. The van der Waals surface area contributed by atoms with Crippen LogP contribution in [0.4, 0.5) is 5.69 Å². The molecule has 2 amide bonds. The molecule has 0 atom stereocenters. The molecule has 1 rings (SSSR count). The molecule has 0 aliphatic carbocycles. The topological polar surface area (TPSA) is 78.4 Å². The standard InChI is InChI=1S/C13H17BrN2O3/c1-8(2)10-7-9(14)3-4-11(10)16-13(19)12(18)15-5-6-17/h3-4,7-8,17H,5-6H2,1-2H3,(H,15,18)(H,16,19). The van der Waals surface area contributed by atoms with Gasteiger partial charge in [-0.2, -0.15) is 0 Å². The number of anilines is 1. The molecule has 0 aromatic heterocycles. The van der Waals surface area contributed by atoms with Crippen LogP contribution in [0.25, 0.3) is 0 Å². The van der Waals surface area contributed by atoms with E-state index >= 15 is 0 Å². The second-order valence-electron chi connectivity index (χ2n) is 4.32. The highest BCUT2D eigenvalue weighted by Gasteiger charge is 2.15. The third-order valence-corrected chi connectivity index (χ3v) is 2.98. The summed E-state index contributed by atoms with van der Waals surface area (Å²) in [5, 5.41) is 13.5. The third kappa shape index (κ3) is 4.65. The van der Waals surface area contributed by atoms with Crippen molar-refractivity contribution < 1.29 is 14.7 Å². The van der Waals surface area contributed by atoms with Gasteiger partial charge in [-0.1, -0.05) is 29.8 Å². The van der Waals surface area contributed by atoms with Crippen molar-refractivity contribution in [2.24, 2.45) is 0 Å². The van der Waals surface area contributed by atoms with Gasteiger partial charge < -0.3 is 15.7 Å². The predicted molar refractivity (Wildman–Crippen MR) is 77.0 cm³/mol. The Bertz CT molecular complexity index is 475. The van der Waals surface area contributed by atoms with Crippen LogP contribution < -0.4 is 10.6 Å². The largest absolute Gasteiger partial charge is 0.395 e. The molecular formula is C13H17BrN2O3. The molecule has 1 aromatic carbocycles. The predicted octanol–water partition coefficient (Wildman–Crippen LogP) is 1.62. The second kappa shape index (κ2) is 7.25. The number of benzene rings is 1. The monoisotopic (exact) mass is 328 g/mol. The third-order valence-electron chi connectivity index (χ3n) is 2.49. The van der Waals surface area contributed by atoms with Gasteiger partial charge in [0.25, 0.3) is 0 Å². The summed E-state index contributed by atoms with van der Waals surface area (Å²) >= 11 is 3.37. The Labute approximate surface area is 120 Å². The highest BCUT2D eigenvalue weighted by molar-refractivity contribution is 9.10. The lowest BCUT2D eigenvalue weighted by Gasteiger charge is -2.14. The number of aliphatic hydroxyl groups is 1. The normalized spacial score (nSPS) is 10.4. The molecule has 0 aliphatic rings. The van der Waals surface area contributed by atoms with Crippen LogP contribution in [0, 0.1) is 0 Å². The van der Waals surface area contributed by atoms with Crippen LogP contribution >= 0.6 is 15.9 Å². The molecular weight excluding hydrogens is 312 g/mol. The van der Waals surface area contributed by atoms with Crippen LogP contribution in [-0.2, 0) is 9.59 Å². The number of amides is 2. The van der Waals surface area contributed by atoms with Gasteiger partial charge in [0, 0.05) is 16.7 Å². The van der Waals surface area contributed by atoms with Crippen molar-refractivity contribution in [3.05, 3.63) is 28.2 Å². The average Bonchev–Trinajstić information content (AvgIpc) is 2.37. The number of carbonyl (C=O) groups is 2. The fraction of sp³-hybridized carbons (Fsp3) is 0.385. The van der Waals surface area contributed by atoms with Crippen LogP contribution in [-0.4, -0.2) is 30.1 Å². The Kier molecular flexibility index (Phi) is 5.98. The summed E-state index contributed by atoms with van der Waals surface area (Å²) in [5.74, 6) is -1.28. The van der Waals surface area contributed by atoms with Gasteiger partial charge in [0.1, 0.15) is 0 Å². The van der Waals surface area contributed by atoms with Crippen LogP contribution in [0.5, 0.6) is 0 Å². The summed E-state index contributed by atoms with van der Waals surface area (Å²) in [5.41, 5.74) is 1.56. The first kappa shape index (κ1) is 15.7. The molecule has 0 unspecified atom stereocenters. The SMILES string of the molecule is CC(C)c1cc(Br)ccc1NC(=O)C(=O)NCCO. The number of hydrogen-bond donors (Lipinski definition) is 3. The molecule has 0 bridgehead atoms. The zero-order valence-electron chi connectivity index (χ0n) is 10.9. The number of carbonyl (C=O) groups excluding carboxylic acids is 2. The molecule has 0 heterocycles. The van der Waals surface area contributed by atoms with Crippen molar-refractivity contribution in [2.45, 2.75) is 19.8 Å². The van der Waals surface area contributed by atoms with E-state index in [1.807, 2.05) is 19.9 Å². The summed E-state index contributed by atoms with van der Waals surface area (Å²) < 4.78 is 0.916. The molecule has 5 nitrogen and oxygen atoms in total. The maximum absolute atomic E-state index is 11.7. The van der Waals surface area contributed by atoms with Crippen LogP contribution in [0.3, 0.4) is 0 Å². The van der Waals surface area contributed by atoms with Gasteiger partial charge in [0.05, 0.1) is 6.61 Å². The lowest BCUT2D eigenvalue weighted by atomic mass is 10.0. The highest BCUT2D eigenvalue weighted by atomic mass is 79.9. The molecule has 1 aromatic rings. The summed E-state index contributed by atoms with van der Waals surface area (Å²) in [4.78, 5) is 23.1. The summed E-state index contributed by atoms with van der Waals surface area (Å²) in [6.07, 6.45) is 0. The molecule has 0 radical (unpaired) electrons. The Hall–Kier alpha value is -1.40. The van der Waals surface area contributed by atoms with Crippen molar-refractivity contribution >= 4 is 33.4 Å². The molecule has 6 heteroatoms. The van der Waals surface area contributed by atoms with E-state index in [4.69, 9.17) is 5.11 Å². The van der Waals surface area contributed by atoms with Gasteiger partial charge in [0.15, 0.2) is 0 Å². The Morgan fingerprint density at radius 2 is 2.00 bits per heavy atom. The minimum Gasteiger partial charge on any atom is -0.395 e. The van der Waals surface area contributed by atoms with E-state index in [9.17, 15) is 9.59 Å². The van der Waals surface area contributed by atoms with E-state index < -0.39 is 11.8 Å². The van der Waals surface area contributed by atoms with Gasteiger partial charge in [-0.3, -0.25) is 9.59 Å². The Balaban J connectivity index is 2.82. The summed E-state index contributed by atoms with van der Waals surface area (Å²) in [6, 6.07) is 5.45. The lowest BCUT2D eigenvalue weighted by molar-refractivity contribution is -0.136. The molecule has 0 aliphatic heterocycles. The minimum atomic E-state index is -0.758. The fourth-order valence-electron chi connectivity index (χ4n) is 1.55. The van der Waals surface area contributed by atoms with Crippen molar-refractivity contribution in [1.29, 1.82) is 0 Å². The Morgan fingerprint density at radius 1 is 1.32 bits per heavy atom. The number of nitrogens with one attached hydrogen (secondary N) is 2. The average molecular weight is 329 g/mol. The number of hydrogen-bond acceptors (Lipinski definition) is 3. The Morgan fingerprint density at radius 3 is 2.58 bits per heavy atom. The van der Waals surface area contributed by atoms with E-state index in [-0.39, 0.29) is 19.1 Å². The van der Waals surface area contributed by atoms with Crippen molar-refractivity contribution in [2.75, 3.05) is 18.5 Å². The maximum Gasteiger partial charge on any atom is 0.313 e. The van der Waals surface area contributed by atoms with Crippen LogP contribution in [0.1, 0.15) is 25.3 Å². The number of rotatable bonds is 4. The molecule has 104 valence electrons. The molecule has 0 saturated carbocycles. The quantitative estimate of drug-likeness (QED) is 0.735. The first-order valence-corrected chi connectivity index (χ1v) is 6.74. The van der Waals surface area contributed by atoms with E-state index in [0.29, 0.717) is 5.69 Å². The lowest BCUT2D eigenvalue weighted by Crippen LogP contribution is -2.37. The van der Waals surface area contributed by atoms with Crippen molar-refractivity contribution in [3.8, 4) is 0 Å². The van der Waals surface area contributed by atoms with Crippen LogP contribution in [0.15, 0.2) is 22.7 Å². The summed E-state index contributed by atoms with van der Waals surface area (Å²) in [6.45, 7) is 3.87. The van der Waals surface area contributed by atoms with Gasteiger partial charge in [0.2, 0.25) is 0 Å². The smallest absolute Gasteiger partial charge is 0.313 e.